The van der Waals surface area contributed by atoms with Gasteiger partial charge in [-0.15, -0.1) is 0 Å². The van der Waals surface area contributed by atoms with E-state index in [1.165, 1.54) is 0 Å². The number of Topliss-reactive ketones (excluding diaryl/α,β-unsaturated/α-hetero) is 1. The average molecular weight is 261 g/mol. The van der Waals surface area contributed by atoms with Crippen molar-refractivity contribution in [3.63, 3.8) is 0 Å². The van der Waals surface area contributed by atoms with Gasteiger partial charge in [-0.2, -0.15) is 0 Å². The first-order chi connectivity index (χ1) is 8.62. The van der Waals surface area contributed by atoms with Gasteiger partial charge in [-0.25, -0.2) is 0 Å². The van der Waals surface area contributed by atoms with Crippen LogP contribution in [0.4, 0.5) is 0 Å². The molecule has 0 aliphatic heterocycles. The fourth-order valence-electron chi connectivity index (χ4n) is 2.15. The summed E-state index contributed by atoms with van der Waals surface area (Å²) in [5.74, 6) is 0.208. The van der Waals surface area contributed by atoms with Gasteiger partial charge in [0, 0.05) is 11.6 Å². The SMILES string of the molecule is Cc1ccc(C)c(C(=O)CN(C)C(C)C(C)(C)C)c1. The van der Waals surface area contributed by atoms with E-state index in [0.717, 1.165) is 16.7 Å². The van der Waals surface area contributed by atoms with E-state index in [-0.39, 0.29) is 11.2 Å². The fourth-order valence-corrected chi connectivity index (χ4v) is 2.15. The van der Waals surface area contributed by atoms with Gasteiger partial charge in [-0.3, -0.25) is 9.69 Å². The first-order valence-corrected chi connectivity index (χ1v) is 6.93. The summed E-state index contributed by atoms with van der Waals surface area (Å²) in [6, 6.07) is 6.43. The summed E-state index contributed by atoms with van der Waals surface area (Å²) in [4.78, 5) is 14.6. The standard InChI is InChI=1S/C17H27NO/c1-12-8-9-13(2)15(10-12)16(19)11-18(7)14(3)17(4,5)6/h8-10,14H,11H2,1-7H3. The topological polar surface area (TPSA) is 20.3 Å². The maximum atomic E-state index is 12.4. The molecule has 0 saturated carbocycles. The minimum Gasteiger partial charge on any atom is -0.296 e. The van der Waals surface area contributed by atoms with E-state index in [0.29, 0.717) is 12.6 Å². The van der Waals surface area contributed by atoms with Crippen LogP contribution in [0.2, 0.25) is 0 Å². The number of rotatable bonds is 4. The molecule has 19 heavy (non-hydrogen) atoms. The van der Waals surface area contributed by atoms with E-state index in [9.17, 15) is 4.79 Å². The van der Waals surface area contributed by atoms with E-state index in [1.807, 2.05) is 39.1 Å². The van der Waals surface area contributed by atoms with Crippen LogP contribution in [0.1, 0.15) is 49.2 Å². The van der Waals surface area contributed by atoms with Gasteiger partial charge in [0.15, 0.2) is 5.78 Å². The number of ketones is 1. The van der Waals surface area contributed by atoms with Crippen LogP contribution in [0.5, 0.6) is 0 Å². The molecule has 0 bridgehead atoms. The molecular weight excluding hydrogens is 234 g/mol. The maximum absolute atomic E-state index is 12.4. The predicted molar refractivity (Wildman–Crippen MR) is 81.8 cm³/mol. The Kier molecular flexibility index (Phi) is 4.92. The Balaban J connectivity index is 2.83. The smallest absolute Gasteiger partial charge is 0.177 e. The van der Waals surface area contributed by atoms with Gasteiger partial charge in [-0.05, 0) is 44.9 Å². The van der Waals surface area contributed by atoms with Crippen LogP contribution in [0.3, 0.4) is 0 Å². The number of hydrogen-bond donors (Lipinski definition) is 0. The number of carbonyl (C=O) groups excluding carboxylic acids is 1. The molecule has 1 rings (SSSR count). The summed E-state index contributed by atoms with van der Waals surface area (Å²) >= 11 is 0. The molecule has 0 aromatic heterocycles. The Morgan fingerprint density at radius 2 is 1.84 bits per heavy atom. The molecule has 0 fully saturated rings. The van der Waals surface area contributed by atoms with Crippen molar-refractivity contribution in [1.82, 2.24) is 4.90 Å². The van der Waals surface area contributed by atoms with Gasteiger partial charge in [0.05, 0.1) is 6.54 Å². The van der Waals surface area contributed by atoms with Crippen molar-refractivity contribution >= 4 is 5.78 Å². The van der Waals surface area contributed by atoms with Crippen LogP contribution in [0, 0.1) is 19.3 Å². The second-order valence-electron chi connectivity index (χ2n) is 6.70. The molecule has 106 valence electrons. The van der Waals surface area contributed by atoms with E-state index in [4.69, 9.17) is 0 Å². The van der Waals surface area contributed by atoms with Crippen LogP contribution in [0.25, 0.3) is 0 Å². The summed E-state index contributed by atoms with van der Waals surface area (Å²) in [6.45, 7) is 13.3. The highest BCUT2D eigenvalue weighted by molar-refractivity contribution is 5.99. The lowest BCUT2D eigenvalue weighted by atomic mass is 9.87. The van der Waals surface area contributed by atoms with Gasteiger partial charge >= 0.3 is 0 Å². The molecule has 1 atom stereocenters. The highest BCUT2D eigenvalue weighted by Crippen LogP contribution is 2.23. The maximum Gasteiger partial charge on any atom is 0.177 e. The highest BCUT2D eigenvalue weighted by atomic mass is 16.1. The zero-order chi connectivity index (χ0) is 14.8. The third-order valence-corrected chi connectivity index (χ3v) is 4.00. The quantitative estimate of drug-likeness (QED) is 0.767. The van der Waals surface area contributed by atoms with Crippen molar-refractivity contribution < 1.29 is 4.79 Å². The van der Waals surface area contributed by atoms with Gasteiger partial charge < -0.3 is 0 Å². The summed E-state index contributed by atoms with van der Waals surface area (Å²) < 4.78 is 0. The molecule has 1 aromatic rings. The molecule has 0 heterocycles. The summed E-state index contributed by atoms with van der Waals surface area (Å²) in [5.41, 5.74) is 3.23. The van der Waals surface area contributed by atoms with Gasteiger partial charge in [-0.1, -0.05) is 38.5 Å². The Labute approximate surface area is 117 Å². The molecule has 0 N–H and O–H groups in total. The molecule has 2 heteroatoms. The first kappa shape index (κ1) is 15.9. The molecule has 0 spiro atoms. The Morgan fingerprint density at radius 1 is 1.26 bits per heavy atom. The van der Waals surface area contributed by atoms with Crippen molar-refractivity contribution in [2.45, 2.75) is 47.6 Å². The number of nitrogens with zero attached hydrogens (tertiary/aromatic N) is 1. The summed E-state index contributed by atoms with van der Waals surface area (Å²) in [7, 11) is 2.03. The molecule has 2 nitrogen and oxygen atoms in total. The van der Waals surface area contributed by atoms with Crippen molar-refractivity contribution in [3.05, 3.63) is 34.9 Å². The van der Waals surface area contributed by atoms with Crippen LogP contribution < -0.4 is 0 Å². The highest BCUT2D eigenvalue weighted by Gasteiger charge is 2.25. The monoisotopic (exact) mass is 261 g/mol. The molecule has 0 aliphatic carbocycles. The second kappa shape index (κ2) is 5.87. The van der Waals surface area contributed by atoms with Crippen LogP contribution in [0.15, 0.2) is 18.2 Å². The molecular formula is C17H27NO. The van der Waals surface area contributed by atoms with E-state index < -0.39 is 0 Å². The predicted octanol–water partition coefficient (Wildman–Crippen LogP) is 3.85. The van der Waals surface area contributed by atoms with Crippen molar-refractivity contribution in [2.75, 3.05) is 13.6 Å². The third kappa shape index (κ3) is 4.17. The molecule has 0 aliphatic rings. The largest absolute Gasteiger partial charge is 0.296 e. The van der Waals surface area contributed by atoms with Crippen molar-refractivity contribution in [1.29, 1.82) is 0 Å². The van der Waals surface area contributed by atoms with E-state index in [2.05, 4.69) is 32.6 Å². The number of aryl methyl sites for hydroxylation is 2. The Hall–Kier alpha value is -1.15. The lowest BCUT2D eigenvalue weighted by Crippen LogP contribution is -2.42. The van der Waals surface area contributed by atoms with Crippen molar-refractivity contribution in [2.24, 2.45) is 5.41 Å². The zero-order valence-electron chi connectivity index (χ0n) is 13.4. The number of hydrogen-bond acceptors (Lipinski definition) is 2. The van der Waals surface area contributed by atoms with Crippen LogP contribution in [-0.2, 0) is 0 Å². The minimum absolute atomic E-state index is 0.177. The molecule has 0 amide bonds. The lowest BCUT2D eigenvalue weighted by molar-refractivity contribution is 0.0853. The van der Waals surface area contributed by atoms with Crippen molar-refractivity contribution in [3.8, 4) is 0 Å². The normalized spacial score (nSPS) is 13.7. The van der Waals surface area contributed by atoms with Gasteiger partial charge in [0.2, 0.25) is 0 Å². The molecule has 1 aromatic carbocycles. The zero-order valence-corrected chi connectivity index (χ0v) is 13.4. The average Bonchev–Trinajstić information content (AvgIpc) is 2.29. The Bertz CT molecular complexity index is 457. The van der Waals surface area contributed by atoms with Crippen LogP contribution >= 0.6 is 0 Å². The molecule has 0 saturated heterocycles. The number of likely N-dealkylation sites (N-methyl/N-ethyl adjacent to an activating group) is 1. The molecule has 0 radical (unpaired) electrons. The van der Waals surface area contributed by atoms with Gasteiger partial charge in [0.25, 0.3) is 0 Å². The number of carbonyl (C=O) groups is 1. The van der Waals surface area contributed by atoms with Gasteiger partial charge in [0.1, 0.15) is 0 Å². The fraction of sp³-hybridized carbons (Fsp3) is 0.588. The summed E-state index contributed by atoms with van der Waals surface area (Å²) in [5, 5.41) is 0. The second-order valence-corrected chi connectivity index (χ2v) is 6.70. The van der Waals surface area contributed by atoms with Crippen LogP contribution in [-0.4, -0.2) is 30.3 Å². The summed E-state index contributed by atoms with van der Waals surface area (Å²) in [6.07, 6.45) is 0. The Morgan fingerprint density at radius 3 is 2.37 bits per heavy atom. The number of benzene rings is 1. The van der Waals surface area contributed by atoms with E-state index in [1.54, 1.807) is 0 Å². The third-order valence-electron chi connectivity index (χ3n) is 4.00. The molecule has 1 unspecified atom stereocenters. The van der Waals surface area contributed by atoms with E-state index >= 15 is 0 Å². The minimum atomic E-state index is 0.177. The lowest BCUT2D eigenvalue weighted by Gasteiger charge is -2.35. The first-order valence-electron chi connectivity index (χ1n) is 6.93.